The Labute approximate surface area is 154 Å². The molecule has 0 aromatic heterocycles. The summed E-state index contributed by atoms with van der Waals surface area (Å²) in [6.45, 7) is 0. The number of nitrogens with zero attached hydrogens (tertiary/aromatic N) is 2. The molecular formula is C20H19F3N2O2. The molecule has 3 rings (SSSR count). The summed E-state index contributed by atoms with van der Waals surface area (Å²) >= 11 is 0. The Morgan fingerprint density at radius 3 is 2.26 bits per heavy atom. The number of aliphatic hydroxyl groups is 1. The van der Waals surface area contributed by atoms with E-state index in [4.69, 9.17) is 0 Å². The maximum Gasteiger partial charge on any atom is 0.431 e. The summed E-state index contributed by atoms with van der Waals surface area (Å²) in [4.78, 5) is 12.6. The van der Waals surface area contributed by atoms with E-state index >= 15 is 0 Å². The molecule has 1 aliphatic heterocycles. The van der Waals surface area contributed by atoms with Crippen molar-refractivity contribution in [3.8, 4) is 0 Å². The van der Waals surface area contributed by atoms with Crippen LogP contribution in [0.2, 0.25) is 0 Å². The molecule has 0 radical (unpaired) electrons. The molecule has 142 valence electrons. The predicted molar refractivity (Wildman–Crippen MR) is 94.7 cm³/mol. The standard InChI is InChI=1S/C20H19F3N2O2/c21-20(22,23)17-14-19(27,16-11-5-2-6-12-16)25(24-17)18(26)13-7-10-15-8-3-1-4-9-15/h1-6,8-9,11-12,27H,7,10,13-14H2/t19-/m1/s1. The lowest BCUT2D eigenvalue weighted by Crippen LogP contribution is -2.43. The zero-order valence-corrected chi connectivity index (χ0v) is 14.5. The molecule has 27 heavy (non-hydrogen) atoms. The highest BCUT2D eigenvalue weighted by atomic mass is 19.4. The van der Waals surface area contributed by atoms with Gasteiger partial charge in [-0.1, -0.05) is 60.7 Å². The highest BCUT2D eigenvalue weighted by Crippen LogP contribution is 2.39. The first-order valence-corrected chi connectivity index (χ1v) is 8.60. The van der Waals surface area contributed by atoms with Crippen LogP contribution in [-0.4, -0.2) is 27.9 Å². The smallest absolute Gasteiger partial charge is 0.365 e. The van der Waals surface area contributed by atoms with Crippen molar-refractivity contribution < 1.29 is 23.1 Å². The van der Waals surface area contributed by atoms with Crippen molar-refractivity contribution in [3.05, 3.63) is 71.8 Å². The molecule has 0 saturated carbocycles. The van der Waals surface area contributed by atoms with Crippen molar-refractivity contribution in [1.29, 1.82) is 0 Å². The average molecular weight is 376 g/mol. The summed E-state index contributed by atoms with van der Waals surface area (Å²) in [5, 5.41) is 15.0. The van der Waals surface area contributed by atoms with Gasteiger partial charge in [0.25, 0.3) is 0 Å². The molecule has 0 fully saturated rings. The Morgan fingerprint density at radius 2 is 1.67 bits per heavy atom. The van der Waals surface area contributed by atoms with Gasteiger partial charge in [-0.15, -0.1) is 0 Å². The number of hydrazone groups is 1. The predicted octanol–water partition coefficient (Wildman–Crippen LogP) is 4.01. The van der Waals surface area contributed by atoms with Crippen LogP contribution in [0.25, 0.3) is 0 Å². The van der Waals surface area contributed by atoms with E-state index in [1.165, 1.54) is 12.1 Å². The topological polar surface area (TPSA) is 52.9 Å². The van der Waals surface area contributed by atoms with Gasteiger partial charge in [-0.2, -0.15) is 23.3 Å². The van der Waals surface area contributed by atoms with Crippen molar-refractivity contribution in [3.63, 3.8) is 0 Å². The first-order valence-electron chi connectivity index (χ1n) is 8.60. The minimum Gasteiger partial charge on any atom is -0.365 e. The summed E-state index contributed by atoms with van der Waals surface area (Å²) in [5.41, 5.74) is -2.06. The van der Waals surface area contributed by atoms with Crippen molar-refractivity contribution >= 4 is 11.6 Å². The minimum absolute atomic E-state index is 0.0152. The quantitative estimate of drug-likeness (QED) is 0.857. The first-order chi connectivity index (χ1) is 12.8. The van der Waals surface area contributed by atoms with E-state index in [1.54, 1.807) is 18.2 Å². The van der Waals surface area contributed by atoms with Gasteiger partial charge in [0.1, 0.15) is 5.71 Å². The molecule has 1 heterocycles. The second kappa shape index (κ2) is 7.52. The normalized spacial score (nSPS) is 19.9. The number of carbonyl (C=O) groups is 1. The van der Waals surface area contributed by atoms with Crippen LogP contribution in [0.5, 0.6) is 0 Å². The molecule has 4 nitrogen and oxygen atoms in total. The van der Waals surface area contributed by atoms with Crippen LogP contribution < -0.4 is 0 Å². The Hall–Kier alpha value is -2.67. The van der Waals surface area contributed by atoms with Gasteiger partial charge < -0.3 is 5.11 Å². The summed E-state index contributed by atoms with van der Waals surface area (Å²) in [6, 6.07) is 17.3. The van der Waals surface area contributed by atoms with Crippen LogP contribution >= 0.6 is 0 Å². The lowest BCUT2D eigenvalue weighted by Gasteiger charge is -2.31. The van der Waals surface area contributed by atoms with Crippen LogP contribution in [0.4, 0.5) is 13.2 Å². The van der Waals surface area contributed by atoms with Crippen LogP contribution in [0.3, 0.4) is 0 Å². The molecule has 0 unspecified atom stereocenters. The van der Waals surface area contributed by atoms with E-state index < -0.39 is 29.9 Å². The number of hydrogen-bond donors (Lipinski definition) is 1. The Balaban J connectivity index is 1.78. The van der Waals surface area contributed by atoms with Gasteiger partial charge in [0, 0.05) is 12.0 Å². The Morgan fingerprint density at radius 1 is 1.07 bits per heavy atom. The van der Waals surface area contributed by atoms with Gasteiger partial charge in [-0.25, -0.2) is 0 Å². The molecule has 7 heteroatoms. The van der Waals surface area contributed by atoms with E-state index in [0.717, 1.165) is 5.56 Å². The van der Waals surface area contributed by atoms with Crippen molar-refractivity contribution in [2.75, 3.05) is 0 Å². The molecule has 1 N–H and O–H groups in total. The van der Waals surface area contributed by atoms with E-state index in [9.17, 15) is 23.1 Å². The zero-order chi connectivity index (χ0) is 19.5. The molecule has 2 aromatic rings. The van der Waals surface area contributed by atoms with Gasteiger partial charge in [-0.05, 0) is 18.4 Å². The van der Waals surface area contributed by atoms with Crippen LogP contribution in [-0.2, 0) is 16.9 Å². The van der Waals surface area contributed by atoms with Gasteiger partial charge in [-0.3, -0.25) is 4.79 Å². The number of alkyl halides is 3. The maximum absolute atomic E-state index is 13.2. The van der Waals surface area contributed by atoms with E-state index in [-0.39, 0.29) is 12.0 Å². The minimum atomic E-state index is -4.71. The monoisotopic (exact) mass is 376 g/mol. The molecule has 0 bridgehead atoms. The Kier molecular flexibility index (Phi) is 5.32. The number of carbonyl (C=O) groups excluding carboxylic acids is 1. The highest BCUT2D eigenvalue weighted by molar-refractivity contribution is 5.94. The summed E-state index contributed by atoms with van der Waals surface area (Å²) < 4.78 is 39.5. The number of rotatable bonds is 5. The van der Waals surface area contributed by atoms with Crippen molar-refractivity contribution in [2.24, 2.45) is 5.10 Å². The van der Waals surface area contributed by atoms with Gasteiger partial charge in [0.05, 0.1) is 6.42 Å². The number of halogens is 3. The highest BCUT2D eigenvalue weighted by Gasteiger charge is 2.52. The maximum atomic E-state index is 13.2. The molecule has 2 aromatic carbocycles. The van der Waals surface area contributed by atoms with Crippen LogP contribution in [0.15, 0.2) is 65.8 Å². The second-order valence-electron chi connectivity index (χ2n) is 6.45. The fourth-order valence-corrected chi connectivity index (χ4v) is 3.09. The number of amides is 1. The zero-order valence-electron chi connectivity index (χ0n) is 14.5. The van der Waals surface area contributed by atoms with Crippen molar-refractivity contribution in [1.82, 2.24) is 5.01 Å². The average Bonchev–Trinajstić information content (AvgIpc) is 3.03. The van der Waals surface area contributed by atoms with E-state index in [2.05, 4.69) is 5.10 Å². The third kappa shape index (κ3) is 4.19. The lowest BCUT2D eigenvalue weighted by atomic mass is 9.96. The van der Waals surface area contributed by atoms with Crippen LogP contribution in [0.1, 0.15) is 30.4 Å². The molecule has 0 aliphatic carbocycles. The fraction of sp³-hybridized carbons (Fsp3) is 0.300. The first kappa shape index (κ1) is 19.1. The van der Waals surface area contributed by atoms with Gasteiger partial charge in [0.2, 0.25) is 5.91 Å². The molecule has 1 amide bonds. The fourth-order valence-electron chi connectivity index (χ4n) is 3.09. The number of benzene rings is 2. The molecule has 0 saturated heterocycles. The molecule has 1 atom stereocenters. The third-order valence-corrected chi connectivity index (χ3v) is 4.48. The Bertz CT molecular complexity index is 822. The molecule has 0 spiro atoms. The number of aryl methyl sites for hydroxylation is 1. The second-order valence-corrected chi connectivity index (χ2v) is 6.45. The lowest BCUT2D eigenvalue weighted by molar-refractivity contribution is -0.158. The summed E-state index contributed by atoms with van der Waals surface area (Å²) in [7, 11) is 0. The third-order valence-electron chi connectivity index (χ3n) is 4.48. The summed E-state index contributed by atoms with van der Waals surface area (Å²) in [5.74, 6) is -0.642. The SMILES string of the molecule is O=C(CCCc1ccccc1)N1N=C(C(F)(F)F)C[C@@]1(O)c1ccccc1. The molecule has 1 aliphatic rings. The molecular weight excluding hydrogens is 357 g/mol. The number of hydrogen-bond acceptors (Lipinski definition) is 3. The summed E-state index contributed by atoms with van der Waals surface area (Å²) in [6.07, 6.45) is -4.45. The van der Waals surface area contributed by atoms with E-state index in [1.807, 2.05) is 30.3 Å². The van der Waals surface area contributed by atoms with Gasteiger partial charge >= 0.3 is 6.18 Å². The largest absolute Gasteiger partial charge is 0.431 e. The van der Waals surface area contributed by atoms with Gasteiger partial charge in [0.15, 0.2) is 5.72 Å². The van der Waals surface area contributed by atoms with Crippen LogP contribution in [0, 0.1) is 0 Å². The van der Waals surface area contributed by atoms with E-state index in [0.29, 0.717) is 17.9 Å². The van der Waals surface area contributed by atoms with Crippen molar-refractivity contribution in [2.45, 2.75) is 37.6 Å².